The van der Waals surface area contributed by atoms with Crippen molar-refractivity contribution in [3.8, 4) is 33.8 Å². The summed E-state index contributed by atoms with van der Waals surface area (Å²) in [5.74, 6) is 0.626. The van der Waals surface area contributed by atoms with Gasteiger partial charge in [-0.05, 0) is 119 Å². The van der Waals surface area contributed by atoms with E-state index >= 15 is 0 Å². The van der Waals surface area contributed by atoms with Crippen LogP contribution in [0, 0.1) is 0 Å². The van der Waals surface area contributed by atoms with Gasteiger partial charge in [0.15, 0.2) is 0 Å². The number of rotatable bonds is 8. The molecule has 54 heavy (non-hydrogen) atoms. The summed E-state index contributed by atoms with van der Waals surface area (Å²) in [6.07, 6.45) is 0. The van der Waals surface area contributed by atoms with Crippen molar-refractivity contribution < 1.29 is 13.2 Å². The lowest BCUT2D eigenvalue weighted by atomic mass is 10.0. The fourth-order valence-electron chi connectivity index (χ4n) is 7.02. The lowest BCUT2D eigenvalue weighted by molar-refractivity contribution is 0.443. The highest BCUT2D eigenvalue weighted by atomic mass is 32.2. The molecule has 8 aromatic rings. The zero-order valence-corrected chi connectivity index (χ0v) is 30.0. The first-order valence-electron chi connectivity index (χ1n) is 17.8. The summed E-state index contributed by atoms with van der Waals surface area (Å²) in [6, 6.07) is 68.2. The van der Waals surface area contributed by atoms with Gasteiger partial charge in [0.2, 0.25) is 9.84 Å². The SMILES string of the molecule is O=S1(=O)c2ccc(-c3ccc(N(c4ccccc4)c4ccccc4)cc3)cc2Oc2cc(-c3ccc(N(c4ccccc4)c4ccccc4)cc3)ccc21. The van der Waals surface area contributed by atoms with E-state index in [1.54, 1.807) is 12.1 Å². The summed E-state index contributed by atoms with van der Waals surface area (Å²) >= 11 is 0. The molecule has 0 saturated carbocycles. The minimum Gasteiger partial charge on any atom is -0.455 e. The third-order valence-corrected chi connectivity index (χ3v) is 11.5. The lowest BCUT2D eigenvalue weighted by Crippen LogP contribution is -2.11. The number of hydrogen-bond acceptors (Lipinski definition) is 5. The summed E-state index contributed by atoms with van der Waals surface area (Å²) < 4.78 is 34.2. The van der Waals surface area contributed by atoms with E-state index in [2.05, 4.69) is 107 Å². The highest BCUT2D eigenvalue weighted by Crippen LogP contribution is 2.46. The molecule has 5 nitrogen and oxygen atoms in total. The van der Waals surface area contributed by atoms with E-state index in [0.29, 0.717) is 11.5 Å². The lowest BCUT2D eigenvalue weighted by Gasteiger charge is -2.26. The first-order chi connectivity index (χ1) is 26.5. The fraction of sp³-hybridized carbons (Fsp3) is 0. The van der Waals surface area contributed by atoms with Crippen molar-refractivity contribution in [3.63, 3.8) is 0 Å². The van der Waals surface area contributed by atoms with Gasteiger partial charge in [0.25, 0.3) is 0 Å². The highest BCUT2D eigenvalue weighted by molar-refractivity contribution is 7.91. The molecule has 0 atom stereocenters. The first kappa shape index (κ1) is 33.0. The fourth-order valence-corrected chi connectivity index (χ4v) is 8.49. The second-order valence-corrected chi connectivity index (χ2v) is 14.9. The van der Waals surface area contributed by atoms with Crippen LogP contribution in [0.1, 0.15) is 0 Å². The molecule has 1 heterocycles. The van der Waals surface area contributed by atoms with Crippen molar-refractivity contribution >= 4 is 44.0 Å². The molecule has 0 saturated heterocycles. The van der Waals surface area contributed by atoms with Crippen LogP contribution in [0.2, 0.25) is 0 Å². The minimum absolute atomic E-state index is 0.161. The molecule has 1 aliphatic rings. The van der Waals surface area contributed by atoms with Gasteiger partial charge in [-0.1, -0.05) is 109 Å². The molecule has 0 aromatic heterocycles. The molecule has 0 spiro atoms. The molecular formula is C48H34N2O3S. The van der Waals surface area contributed by atoms with Gasteiger partial charge < -0.3 is 14.5 Å². The Bertz CT molecular complexity index is 2410. The number of fused-ring (bicyclic) bond motifs is 2. The number of anilines is 6. The number of ether oxygens (including phenoxy) is 1. The Kier molecular flexibility index (Phi) is 8.50. The molecule has 9 rings (SSSR count). The van der Waals surface area contributed by atoms with Crippen molar-refractivity contribution in [1.82, 2.24) is 0 Å². The van der Waals surface area contributed by atoms with Gasteiger partial charge in [-0.3, -0.25) is 0 Å². The van der Waals surface area contributed by atoms with Crippen LogP contribution in [0.15, 0.2) is 216 Å². The van der Waals surface area contributed by atoms with E-state index in [4.69, 9.17) is 4.74 Å². The van der Waals surface area contributed by atoms with Crippen LogP contribution in [0.4, 0.5) is 34.1 Å². The average Bonchev–Trinajstić information content (AvgIpc) is 3.23. The maximum atomic E-state index is 13.9. The molecule has 0 unspecified atom stereocenters. The van der Waals surface area contributed by atoms with Crippen LogP contribution in [0.25, 0.3) is 22.3 Å². The number of hydrogen-bond donors (Lipinski definition) is 0. The van der Waals surface area contributed by atoms with Gasteiger partial charge in [0.1, 0.15) is 21.3 Å². The Hall–Kier alpha value is -6.89. The molecule has 1 aliphatic heterocycles. The van der Waals surface area contributed by atoms with Crippen LogP contribution in [0.3, 0.4) is 0 Å². The summed E-state index contributed by atoms with van der Waals surface area (Å²) in [5, 5.41) is 0. The molecule has 260 valence electrons. The van der Waals surface area contributed by atoms with Crippen molar-refractivity contribution in [2.24, 2.45) is 0 Å². The molecule has 0 bridgehead atoms. The smallest absolute Gasteiger partial charge is 0.213 e. The number of benzene rings is 8. The Morgan fingerprint density at radius 2 is 0.593 bits per heavy atom. The summed E-state index contributed by atoms with van der Waals surface area (Å²) in [4.78, 5) is 4.73. The zero-order chi connectivity index (χ0) is 36.5. The average molecular weight is 719 g/mol. The van der Waals surface area contributed by atoms with Crippen LogP contribution in [0.5, 0.6) is 11.5 Å². The molecule has 0 N–H and O–H groups in total. The van der Waals surface area contributed by atoms with Crippen molar-refractivity contribution in [2.75, 3.05) is 9.80 Å². The Labute approximate surface area is 315 Å². The van der Waals surface area contributed by atoms with Gasteiger partial charge in [-0.2, -0.15) is 0 Å². The Morgan fingerprint density at radius 1 is 0.315 bits per heavy atom. The molecule has 0 amide bonds. The molecular weight excluding hydrogens is 685 g/mol. The topological polar surface area (TPSA) is 49.9 Å². The maximum Gasteiger partial charge on any atom is 0.213 e. The van der Waals surface area contributed by atoms with E-state index in [1.165, 1.54) is 0 Å². The zero-order valence-electron chi connectivity index (χ0n) is 29.2. The third-order valence-electron chi connectivity index (χ3n) is 9.66. The van der Waals surface area contributed by atoms with Crippen LogP contribution < -0.4 is 14.5 Å². The van der Waals surface area contributed by atoms with Crippen molar-refractivity contribution in [1.29, 1.82) is 0 Å². The normalized spacial score (nSPS) is 12.5. The van der Waals surface area contributed by atoms with E-state index in [-0.39, 0.29) is 9.79 Å². The van der Waals surface area contributed by atoms with E-state index in [0.717, 1.165) is 56.4 Å². The van der Waals surface area contributed by atoms with Crippen molar-refractivity contribution in [3.05, 3.63) is 206 Å². The standard InChI is InChI=1S/C48H34N2O3S/c51-54(52)47-31-25-37(35-21-27-43(28-22-35)49(39-13-5-1-6-14-39)40-15-7-2-8-16-40)33-45(47)53-46-34-38(26-32-48(46)54)36-23-29-44(30-24-36)50(41-17-9-3-10-18-41)42-19-11-4-12-20-42/h1-34H. The summed E-state index contributed by atoms with van der Waals surface area (Å²) in [5.41, 5.74) is 9.85. The van der Waals surface area contributed by atoms with Crippen molar-refractivity contribution in [2.45, 2.75) is 9.79 Å². The van der Waals surface area contributed by atoms with E-state index < -0.39 is 9.84 Å². The quantitative estimate of drug-likeness (QED) is 0.157. The van der Waals surface area contributed by atoms with E-state index in [1.807, 2.05) is 97.1 Å². The molecule has 0 radical (unpaired) electrons. The second-order valence-electron chi connectivity index (χ2n) is 13.0. The van der Waals surface area contributed by atoms with Gasteiger partial charge in [-0.15, -0.1) is 0 Å². The Morgan fingerprint density at radius 3 is 0.907 bits per heavy atom. The highest BCUT2D eigenvalue weighted by Gasteiger charge is 2.32. The molecule has 0 fully saturated rings. The largest absolute Gasteiger partial charge is 0.455 e. The second kappa shape index (κ2) is 13.9. The summed E-state index contributed by atoms with van der Waals surface area (Å²) in [6.45, 7) is 0. The van der Waals surface area contributed by atoms with Gasteiger partial charge in [0, 0.05) is 34.1 Å². The van der Waals surface area contributed by atoms with Crippen LogP contribution in [-0.2, 0) is 9.84 Å². The van der Waals surface area contributed by atoms with Crippen LogP contribution in [-0.4, -0.2) is 8.42 Å². The maximum absolute atomic E-state index is 13.9. The monoisotopic (exact) mass is 718 g/mol. The molecule has 0 aliphatic carbocycles. The number of para-hydroxylation sites is 4. The predicted octanol–water partition coefficient (Wildman–Crippen LogP) is 12.9. The van der Waals surface area contributed by atoms with Gasteiger partial charge >= 0.3 is 0 Å². The number of sulfone groups is 1. The predicted molar refractivity (Wildman–Crippen MR) is 219 cm³/mol. The molecule has 6 heteroatoms. The third kappa shape index (κ3) is 6.19. The van der Waals surface area contributed by atoms with E-state index in [9.17, 15) is 8.42 Å². The Balaban J connectivity index is 1.01. The summed E-state index contributed by atoms with van der Waals surface area (Å²) in [7, 11) is -3.80. The van der Waals surface area contributed by atoms with Gasteiger partial charge in [0.05, 0.1) is 0 Å². The van der Waals surface area contributed by atoms with Gasteiger partial charge in [-0.25, -0.2) is 8.42 Å². The van der Waals surface area contributed by atoms with Crippen LogP contribution >= 0.6 is 0 Å². The molecule has 8 aromatic carbocycles. The first-order valence-corrected chi connectivity index (χ1v) is 19.2. The minimum atomic E-state index is -3.80. The number of nitrogens with zero attached hydrogens (tertiary/aromatic N) is 2.